The predicted molar refractivity (Wildman–Crippen MR) is 58.1 cm³/mol. The molecular weight excluding hydrogens is 216 g/mol. The minimum Gasteiger partial charge on any atom is -0.355 e. The van der Waals surface area contributed by atoms with Crippen molar-refractivity contribution in [3.8, 4) is 0 Å². The minimum absolute atomic E-state index is 0.155. The number of hydrogen-bond donors (Lipinski definition) is 2. The van der Waals surface area contributed by atoms with Crippen LogP contribution < -0.4 is 11.1 Å². The molecule has 0 bridgehead atoms. The minimum atomic E-state index is -3.22. The van der Waals surface area contributed by atoms with Crippen LogP contribution in [0.5, 0.6) is 0 Å². The van der Waals surface area contributed by atoms with Gasteiger partial charge >= 0.3 is 0 Å². The van der Waals surface area contributed by atoms with Gasteiger partial charge in [-0.2, -0.15) is 0 Å². The number of nitrogens with two attached hydrogens (primary N) is 1. The average molecular weight is 234 g/mol. The molecule has 0 radical (unpaired) electrons. The molecule has 1 aliphatic rings. The van der Waals surface area contributed by atoms with E-state index in [0.717, 1.165) is 25.5 Å². The fraction of sp³-hybridized carbons (Fsp3) is 0.889. The first-order valence-corrected chi connectivity index (χ1v) is 7.07. The molecule has 0 spiro atoms. The van der Waals surface area contributed by atoms with Gasteiger partial charge < -0.3 is 11.1 Å². The van der Waals surface area contributed by atoms with Crippen LogP contribution in [-0.2, 0) is 14.6 Å². The molecule has 1 rings (SSSR count). The van der Waals surface area contributed by atoms with Crippen molar-refractivity contribution in [2.24, 2.45) is 11.1 Å². The Morgan fingerprint density at radius 3 is 2.47 bits per heavy atom. The van der Waals surface area contributed by atoms with E-state index in [2.05, 4.69) is 5.32 Å². The molecule has 1 fully saturated rings. The van der Waals surface area contributed by atoms with Gasteiger partial charge in [-0.3, -0.25) is 4.79 Å². The van der Waals surface area contributed by atoms with Gasteiger partial charge in [-0.05, 0) is 31.2 Å². The zero-order valence-corrected chi connectivity index (χ0v) is 9.77. The second kappa shape index (κ2) is 4.49. The smallest absolute Gasteiger partial charge is 0.235 e. The molecule has 1 amide bonds. The third-order valence-electron chi connectivity index (χ3n) is 2.69. The lowest BCUT2D eigenvalue weighted by atomic mass is 10.0. The summed E-state index contributed by atoms with van der Waals surface area (Å²) in [7, 11) is -3.22. The van der Waals surface area contributed by atoms with Crippen LogP contribution in [-0.4, -0.2) is 39.4 Å². The van der Waals surface area contributed by atoms with Crippen molar-refractivity contribution >= 4 is 15.7 Å². The lowest BCUT2D eigenvalue weighted by Crippen LogP contribution is -2.35. The first kappa shape index (κ1) is 12.4. The molecule has 1 saturated carbocycles. The van der Waals surface area contributed by atoms with Crippen molar-refractivity contribution in [3.05, 3.63) is 0 Å². The highest BCUT2D eigenvalue weighted by molar-refractivity contribution is 7.91. The summed E-state index contributed by atoms with van der Waals surface area (Å²) in [6.07, 6.45) is 4.10. The number of carbonyl (C=O) groups is 1. The number of sulfone groups is 1. The largest absolute Gasteiger partial charge is 0.355 e. The molecule has 5 nitrogen and oxygen atoms in total. The van der Waals surface area contributed by atoms with Crippen molar-refractivity contribution in [1.82, 2.24) is 5.32 Å². The highest BCUT2D eigenvalue weighted by Crippen LogP contribution is 2.47. The summed E-state index contributed by atoms with van der Waals surface area (Å²) in [5.74, 6) is -0.841. The first-order chi connectivity index (χ1) is 6.87. The van der Waals surface area contributed by atoms with Crippen LogP contribution in [0.1, 0.15) is 19.3 Å². The van der Waals surface area contributed by atoms with E-state index in [-0.39, 0.29) is 5.41 Å². The molecular formula is C9H18N2O3S. The van der Waals surface area contributed by atoms with E-state index in [9.17, 15) is 13.2 Å². The highest BCUT2D eigenvalue weighted by atomic mass is 32.2. The third-order valence-corrected chi connectivity index (χ3v) is 3.47. The topological polar surface area (TPSA) is 89.3 Å². The second-order valence-electron chi connectivity index (χ2n) is 4.39. The number of carbonyl (C=O) groups excluding carboxylic acids is 1. The van der Waals surface area contributed by atoms with Gasteiger partial charge in [-0.15, -0.1) is 0 Å². The SMILES string of the molecule is CS(=O)(=O)CC(=O)NCC1(CCN)CC1. The zero-order chi connectivity index (χ0) is 11.5. The fourth-order valence-electron chi connectivity index (χ4n) is 1.57. The van der Waals surface area contributed by atoms with E-state index in [1.807, 2.05) is 0 Å². The molecule has 0 aliphatic heterocycles. The van der Waals surface area contributed by atoms with Gasteiger partial charge in [0.15, 0.2) is 9.84 Å². The van der Waals surface area contributed by atoms with Gasteiger partial charge in [0.25, 0.3) is 0 Å². The van der Waals surface area contributed by atoms with Gasteiger partial charge in [-0.1, -0.05) is 0 Å². The lowest BCUT2D eigenvalue weighted by Gasteiger charge is -2.14. The van der Waals surface area contributed by atoms with Crippen LogP contribution in [0.15, 0.2) is 0 Å². The van der Waals surface area contributed by atoms with E-state index < -0.39 is 21.5 Å². The highest BCUT2D eigenvalue weighted by Gasteiger charge is 2.41. The first-order valence-electron chi connectivity index (χ1n) is 5.01. The quantitative estimate of drug-likeness (QED) is 0.634. The lowest BCUT2D eigenvalue weighted by molar-refractivity contribution is -0.118. The monoisotopic (exact) mass is 234 g/mol. The third kappa shape index (κ3) is 4.61. The molecule has 0 unspecified atom stereocenters. The standard InChI is InChI=1S/C9H18N2O3S/c1-15(13,14)6-8(12)11-7-9(2-3-9)4-5-10/h2-7,10H2,1H3,(H,11,12). The normalized spacial score (nSPS) is 18.5. The van der Waals surface area contributed by atoms with Crippen LogP contribution in [0, 0.1) is 5.41 Å². The molecule has 0 atom stereocenters. The van der Waals surface area contributed by atoms with E-state index in [1.54, 1.807) is 0 Å². The Hall–Kier alpha value is -0.620. The van der Waals surface area contributed by atoms with E-state index in [0.29, 0.717) is 13.1 Å². The Bertz CT molecular complexity index is 333. The molecule has 3 N–H and O–H groups in total. The van der Waals surface area contributed by atoms with Gasteiger partial charge in [0.05, 0.1) is 0 Å². The Balaban J connectivity index is 2.29. The molecule has 6 heteroatoms. The summed E-state index contributed by atoms with van der Waals surface area (Å²) in [4.78, 5) is 11.2. The summed E-state index contributed by atoms with van der Waals surface area (Å²) < 4.78 is 21.7. The fourth-order valence-corrected chi connectivity index (χ4v) is 2.15. The average Bonchev–Trinajstić information content (AvgIpc) is 2.80. The Morgan fingerprint density at radius 1 is 1.47 bits per heavy atom. The van der Waals surface area contributed by atoms with Crippen LogP contribution in [0.2, 0.25) is 0 Å². The summed E-state index contributed by atoms with van der Waals surface area (Å²) in [6.45, 7) is 1.17. The molecule has 15 heavy (non-hydrogen) atoms. The Labute approximate surface area is 90.3 Å². The summed E-state index contributed by atoms with van der Waals surface area (Å²) in [6, 6.07) is 0. The Morgan fingerprint density at radius 2 is 2.07 bits per heavy atom. The maximum atomic E-state index is 11.2. The molecule has 1 aliphatic carbocycles. The summed E-state index contributed by atoms with van der Waals surface area (Å²) >= 11 is 0. The van der Waals surface area contributed by atoms with Crippen LogP contribution in [0.4, 0.5) is 0 Å². The second-order valence-corrected chi connectivity index (χ2v) is 6.53. The molecule has 0 saturated heterocycles. The van der Waals surface area contributed by atoms with Gasteiger partial charge in [0.2, 0.25) is 5.91 Å². The molecule has 0 aromatic rings. The predicted octanol–water partition coefficient (Wildman–Crippen LogP) is -0.724. The summed E-state index contributed by atoms with van der Waals surface area (Å²) in [5.41, 5.74) is 5.61. The Kier molecular flexibility index (Phi) is 3.72. The number of nitrogens with one attached hydrogen (secondary N) is 1. The van der Waals surface area contributed by atoms with Crippen LogP contribution >= 0.6 is 0 Å². The van der Waals surface area contributed by atoms with E-state index >= 15 is 0 Å². The number of amides is 1. The van der Waals surface area contributed by atoms with Crippen molar-refractivity contribution in [1.29, 1.82) is 0 Å². The van der Waals surface area contributed by atoms with Crippen molar-refractivity contribution in [2.75, 3.05) is 25.1 Å². The van der Waals surface area contributed by atoms with Crippen molar-refractivity contribution in [3.63, 3.8) is 0 Å². The molecule has 88 valence electrons. The maximum absolute atomic E-state index is 11.2. The maximum Gasteiger partial charge on any atom is 0.235 e. The van der Waals surface area contributed by atoms with Gasteiger partial charge in [-0.25, -0.2) is 8.42 Å². The van der Waals surface area contributed by atoms with Crippen LogP contribution in [0.25, 0.3) is 0 Å². The van der Waals surface area contributed by atoms with E-state index in [4.69, 9.17) is 5.73 Å². The molecule has 0 aromatic heterocycles. The number of hydrogen-bond acceptors (Lipinski definition) is 4. The molecule has 0 aromatic carbocycles. The van der Waals surface area contributed by atoms with Gasteiger partial charge in [0.1, 0.15) is 5.75 Å². The zero-order valence-electron chi connectivity index (χ0n) is 8.95. The molecule has 0 heterocycles. The van der Waals surface area contributed by atoms with Crippen molar-refractivity contribution in [2.45, 2.75) is 19.3 Å². The van der Waals surface area contributed by atoms with E-state index in [1.165, 1.54) is 0 Å². The van der Waals surface area contributed by atoms with Gasteiger partial charge in [0, 0.05) is 12.8 Å². The number of rotatable bonds is 6. The van der Waals surface area contributed by atoms with Crippen molar-refractivity contribution < 1.29 is 13.2 Å². The van der Waals surface area contributed by atoms with Crippen LogP contribution in [0.3, 0.4) is 0 Å². The summed E-state index contributed by atoms with van der Waals surface area (Å²) in [5, 5.41) is 2.65.